The molecule has 7 nitrogen and oxygen atoms in total. The van der Waals surface area contributed by atoms with E-state index in [1.54, 1.807) is 60.7 Å². The maximum absolute atomic E-state index is 13.0. The van der Waals surface area contributed by atoms with Crippen molar-refractivity contribution < 1.29 is 27.0 Å². The van der Waals surface area contributed by atoms with Crippen LogP contribution in [0.5, 0.6) is 11.5 Å². The molecule has 0 fully saturated rings. The van der Waals surface area contributed by atoms with Gasteiger partial charge in [0.15, 0.2) is 0 Å². The molecule has 0 bridgehead atoms. The Labute approximate surface area is 179 Å². The van der Waals surface area contributed by atoms with Gasteiger partial charge >= 0.3 is 12.6 Å². The number of esters is 1. The van der Waals surface area contributed by atoms with Crippen molar-refractivity contribution in [2.24, 2.45) is 0 Å². The molecule has 1 N–H and O–H groups in total. The Bertz CT molecular complexity index is 1110. The predicted octanol–water partition coefficient (Wildman–Crippen LogP) is 4.13. The van der Waals surface area contributed by atoms with Gasteiger partial charge in [-0.05, 0) is 48.5 Å². The number of hydrogen-bond donors (Lipinski definition) is 1. The van der Waals surface area contributed by atoms with Crippen molar-refractivity contribution in [3.63, 3.8) is 0 Å². The second-order valence-corrected chi connectivity index (χ2v) is 10.9. The van der Waals surface area contributed by atoms with E-state index in [1.807, 2.05) is 0 Å². The number of rotatable bonds is 8. The molecule has 0 heterocycles. The number of methoxy groups -OCH3 is 1. The third-order valence-electron chi connectivity index (χ3n) is 3.76. The molecule has 0 aliphatic rings. The largest absolute Gasteiger partial charge is 0.465 e. The smallest absolute Gasteiger partial charge is 0.379 e. The van der Waals surface area contributed by atoms with Gasteiger partial charge in [0, 0.05) is 11.8 Å². The molecule has 0 saturated heterocycles. The fraction of sp³-hybridized carbons (Fsp3) is 0.0500. The normalized spacial score (nSPS) is 11.5. The van der Waals surface area contributed by atoms with Crippen molar-refractivity contribution in [2.45, 2.75) is 4.90 Å². The molecule has 0 unspecified atom stereocenters. The number of carbonyl (C=O) groups is 1. The summed E-state index contributed by atoms with van der Waals surface area (Å²) in [6.45, 7) is -3.58. The van der Waals surface area contributed by atoms with E-state index in [2.05, 4.69) is 9.23 Å². The maximum atomic E-state index is 13.0. The Hall–Kier alpha value is -2.71. The van der Waals surface area contributed by atoms with E-state index < -0.39 is 22.6 Å². The van der Waals surface area contributed by atoms with Crippen LogP contribution in [0, 0.1) is 0 Å². The van der Waals surface area contributed by atoms with Crippen molar-refractivity contribution >= 4 is 34.4 Å². The zero-order valence-corrected chi connectivity index (χ0v) is 18.3. The van der Waals surface area contributed by atoms with E-state index in [-0.39, 0.29) is 10.5 Å². The molecule has 3 aromatic rings. The molecule has 0 saturated carbocycles. The standard InChI is InChI=1S/C20H18NO6PS2/c1-25-20(22)16-12-14-19(15-13-16)30(23,24)21-28(29,26-17-8-4-2-5-9-17)27-18-10-6-3-7-11-18/h2-15H,1H3,(H,21,29). The first-order valence-corrected chi connectivity index (χ1v) is 12.8. The average molecular weight is 463 g/mol. The number of ether oxygens (including phenoxy) is 1. The topological polar surface area (TPSA) is 90.9 Å². The summed E-state index contributed by atoms with van der Waals surface area (Å²) in [6, 6.07) is 22.4. The second kappa shape index (κ2) is 9.40. The molecule has 0 spiro atoms. The monoisotopic (exact) mass is 463 g/mol. The van der Waals surface area contributed by atoms with Crippen LogP contribution in [0.4, 0.5) is 0 Å². The zero-order chi connectivity index (χ0) is 21.6. The molecule has 30 heavy (non-hydrogen) atoms. The molecular weight excluding hydrogens is 445 g/mol. The summed E-state index contributed by atoms with van der Waals surface area (Å²) in [5, 5.41) is 0. The molecule has 10 heteroatoms. The molecule has 0 atom stereocenters. The van der Waals surface area contributed by atoms with Crippen molar-refractivity contribution in [1.82, 2.24) is 4.49 Å². The molecule has 0 radical (unpaired) electrons. The minimum absolute atomic E-state index is 0.0994. The van der Waals surface area contributed by atoms with Crippen molar-refractivity contribution in [3.05, 3.63) is 90.5 Å². The predicted molar refractivity (Wildman–Crippen MR) is 117 cm³/mol. The van der Waals surface area contributed by atoms with Gasteiger partial charge in [-0.3, -0.25) is 0 Å². The van der Waals surface area contributed by atoms with Gasteiger partial charge in [0.2, 0.25) is 10.0 Å². The first-order chi connectivity index (χ1) is 14.3. The number of carbonyl (C=O) groups excluding carboxylic acids is 1. The Kier molecular flexibility index (Phi) is 6.89. The lowest BCUT2D eigenvalue weighted by atomic mass is 10.2. The highest BCUT2D eigenvalue weighted by Gasteiger charge is 2.31. The first kappa shape index (κ1) is 22.0. The highest BCUT2D eigenvalue weighted by molar-refractivity contribution is 8.14. The lowest BCUT2D eigenvalue weighted by Crippen LogP contribution is -2.26. The molecule has 0 aliphatic carbocycles. The number of sulfonamides is 1. The van der Waals surface area contributed by atoms with E-state index in [0.717, 1.165) is 0 Å². The van der Waals surface area contributed by atoms with E-state index in [0.29, 0.717) is 11.5 Å². The number of para-hydroxylation sites is 2. The average Bonchev–Trinajstić information content (AvgIpc) is 2.74. The van der Waals surface area contributed by atoms with E-state index in [4.69, 9.17) is 20.9 Å². The van der Waals surface area contributed by atoms with Crippen molar-refractivity contribution in [2.75, 3.05) is 7.11 Å². The molecule has 0 aromatic heterocycles. The van der Waals surface area contributed by atoms with Crippen LogP contribution in [0.15, 0.2) is 89.8 Å². The summed E-state index contributed by atoms with van der Waals surface area (Å²) in [6.07, 6.45) is 0. The van der Waals surface area contributed by atoms with Gasteiger partial charge in [0.05, 0.1) is 17.6 Å². The van der Waals surface area contributed by atoms with Gasteiger partial charge in [-0.15, -0.1) is 4.49 Å². The summed E-state index contributed by atoms with van der Waals surface area (Å²) < 4.78 is 44.5. The Morgan fingerprint density at radius 3 is 1.73 bits per heavy atom. The Morgan fingerprint density at radius 2 is 1.30 bits per heavy atom. The maximum Gasteiger partial charge on any atom is 0.379 e. The molecule has 0 amide bonds. The molecule has 3 rings (SSSR count). The molecule has 156 valence electrons. The summed E-state index contributed by atoms with van der Waals surface area (Å²) in [7, 11) is -2.87. The Morgan fingerprint density at radius 1 is 0.833 bits per heavy atom. The molecule has 0 aliphatic heterocycles. The van der Waals surface area contributed by atoms with Gasteiger partial charge in [-0.2, -0.15) is 0 Å². The van der Waals surface area contributed by atoms with Gasteiger partial charge < -0.3 is 13.8 Å². The van der Waals surface area contributed by atoms with Gasteiger partial charge in [-0.25, -0.2) is 13.2 Å². The van der Waals surface area contributed by atoms with Gasteiger partial charge in [-0.1, -0.05) is 36.4 Å². The van der Waals surface area contributed by atoms with Crippen LogP contribution < -0.4 is 13.5 Å². The SMILES string of the molecule is COC(=O)c1ccc(S(=O)(=O)NP(=S)(Oc2ccccc2)Oc2ccccc2)cc1. The Balaban J connectivity index is 1.91. The van der Waals surface area contributed by atoms with Crippen molar-refractivity contribution in [3.8, 4) is 11.5 Å². The summed E-state index contributed by atoms with van der Waals surface area (Å²) in [5.41, 5.74) is 0.219. The van der Waals surface area contributed by atoms with E-state index >= 15 is 0 Å². The quantitative estimate of drug-likeness (QED) is 0.397. The van der Waals surface area contributed by atoms with E-state index in [1.165, 1.54) is 31.4 Å². The minimum Gasteiger partial charge on any atom is -0.465 e. The fourth-order valence-electron chi connectivity index (χ4n) is 2.38. The lowest BCUT2D eigenvalue weighted by Gasteiger charge is -2.24. The minimum atomic E-state index is -4.11. The zero-order valence-electron chi connectivity index (χ0n) is 15.8. The molecule has 3 aromatic carbocycles. The van der Waals surface area contributed by atoms with Crippen LogP contribution in [0.1, 0.15) is 10.4 Å². The summed E-state index contributed by atoms with van der Waals surface area (Å²) >= 11 is 5.50. The van der Waals surface area contributed by atoms with Crippen LogP contribution >= 0.6 is 6.64 Å². The van der Waals surface area contributed by atoms with Gasteiger partial charge in [0.25, 0.3) is 0 Å². The number of nitrogens with one attached hydrogen (secondary N) is 1. The number of hydrogen-bond acceptors (Lipinski definition) is 7. The van der Waals surface area contributed by atoms with Crippen LogP contribution in [0.25, 0.3) is 0 Å². The summed E-state index contributed by atoms with van der Waals surface area (Å²) in [5.74, 6) is 0.151. The van der Waals surface area contributed by atoms with Crippen molar-refractivity contribution in [1.29, 1.82) is 0 Å². The molecular formula is C20H18NO6PS2. The van der Waals surface area contributed by atoms with E-state index in [9.17, 15) is 13.2 Å². The third-order valence-corrected chi connectivity index (χ3v) is 8.52. The second-order valence-electron chi connectivity index (χ2n) is 5.92. The first-order valence-electron chi connectivity index (χ1n) is 8.63. The van der Waals surface area contributed by atoms with Crippen LogP contribution in [-0.2, 0) is 26.6 Å². The summed E-state index contributed by atoms with van der Waals surface area (Å²) in [4.78, 5) is 11.5. The highest BCUT2D eigenvalue weighted by atomic mass is 32.5. The van der Waals surface area contributed by atoms with Crippen LogP contribution in [0.2, 0.25) is 0 Å². The van der Waals surface area contributed by atoms with Crippen LogP contribution in [0.3, 0.4) is 0 Å². The van der Waals surface area contributed by atoms with Crippen LogP contribution in [-0.4, -0.2) is 21.5 Å². The fourth-order valence-corrected chi connectivity index (χ4v) is 7.01. The number of benzene rings is 3. The lowest BCUT2D eigenvalue weighted by molar-refractivity contribution is 0.0600. The third kappa shape index (κ3) is 5.67. The highest BCUT2D eigenvalue weighted by Crippen LogP contribution is 2.46. The van der Waals surface area contributed by atoms with Gasteiger partial charge in [0.1, 0.15) is 11.5 Å².